The van der Waals surface area contributed by atoms with E-state index in [4.69, 9.17) is 5.11 Å². The van der Waals surface area contributed by atoms with Crippen LogP contribution in [0.2, 0.25) is 0 Å². The van der Waals surface area contributed by atoms with Crippen molar-refractivity contribution in [3.8, 4) is 5.75 Å². The Kier molecular flexibility index (Phi) is 4.28. The molecule has 0 amide bonds. The largest absolute Gasteiger partial charge is 0.434 e. The lowest BCUT2D eigenvalue weighted by molar-refractivity contribution is -0.0510. The summed E-state index contributed by atoms with van der Waals surface area (Å²) >= 11 is 6.26. The Hall–Kier alpha value is -0.200. The van der Waals surface area contributed by atoms with Crippen LogP contribution < -0.4 is 4.74 Å². The highest BCUT2D eigenvalue weighted by atomic mass is 79.9. The molecule has 14 heavy (non-hydrogen) atoms. The number of hydrogen-bond donors (Lipinski definition) is 1. The molecule has 0 bridgehead atoms. The zero-order chi connectivity index (χ0) is 10.7. The van der Waals surface area contributed by atoms with Crippen molar-refractivity contribution in [2.45, 2.75) is 13.2 Å². The van der Waals surface area contributed by atoms with E-state index in [1.807, 2.05) is 0 Å². The van der Waals surface area contributed by atoms with Crippen LogP contribution in [0.5, 0.6) is 5.75 Å². The molecule has 0 saturated carbocycles. The van der Waals surface area contributed by atoms with Crippen LogP contribution in [-0.2, 0) is 6.61 Å². The maximum atomic E-state index is 12.0. The highest BCUT2D eigenvalue weighted by molar-refractivity contribution is 9.11. The van der Waals surface area contributed by atoms with Gasteiger partial charge in [0.05, 0.1) is 6.61 Å². The van der Waals surface area contributed by atoms with E-state index in [0.717, 1.165) is 0 Å². The van der Waals surface area contributed by atoms with Gasteiger partial charge in [-0.2, -0.15) is 8.78 Å². The topological polar surface area (TPSA) is 29.5 Å². The maximum absolute atomic E-state index is 12.0. The summed E-state index contributed by atoms with van der Waals surface area (Å²) in [5, 5.41) is 8.93. The van der Waals surface area contributed by atoms with Gasteiger partial charge in [-0.1, -0.05) is 31.9 Å². The molecule has 0 heterocycles. The minimum absolute atomic E-state index is 0.0382. The van der Waals surface area contributed by atoms with Gasteiger partial charge in [-0.15, -0.1) is 0 Å². The van der Waals surface area contributed by atoms with Crippen molar-refractivity contribution in [2.75, 3.05) is 0 Å². The minimum Gasteiger partial charge on any atom is -0.434 e. The van der Waals surface area contributed by atoms with Crippen molar-refractivity contribution in [3.63, 3.8) is 0 Å². The number of ether oxygens (including phenoxy) is 1. The molecule has 0 aliphatic rings. The molecule has 0 fully saturated rings. The quantitative estimate of drug-likeness (QED) is 0.920. The highest BCUT2D eigenvalue weighted by Gasteiger charge is 2.12. The van der Waals surface area contributed by atoms with Gasteiger partial charge in [-0.25, -0.2) is 0 Å². The Balaban J connectivity index is 3.11. The maximum Gasteiger partial charge on any atom is 0.387 e. The molecule has 0 saturated heterocycles. The van der Waals surface area contributed by atoms with Gasteiger partial charge in [0.1, 0.15) is 5.75 Å². The number of halogens is 4. The molecule has 6 heteroatoms. The highest BCUT2D eigenvalue weighted by Crippen LogP contribution is 2.32. The summed E-state index contributed by atoms with van der Waals surface area (Å²) in [6.45, 7) is -3.27. The lowest BCUT2D eigenvalue weighted by atomic mass is 10.2. The summed E-state index contributed by atoms with van der Waals surface area (Å²) in [4.78, 5) is 0. The fourth-order valence-electron chi connectivity index (χ4n) is 0.934. The monoisotopic (exact) mass is 330 g/mol. The average molecular weight is 332 g/mol. The molecule has 2 nitrogen and oxygen atoms in total. The molecule has 0 unspecified atom stereocenters. The third kappa shape index (κ3) is 2.90. The van der Waals surface area contributed by atoms with E-state index in [-0.39, 0.29) is 12.4 Å². The van der Waals surface area contributed by atoms with Crippen molar-refractivity contribution >= 4 is 31.9 Å². The van der Waals surface area contributed by atoms with Crippen LogP contribution in [0.4, 0.5) is 8.78 Å². The molecular weight excluding hydrogens is 326 g/mol. The van der Waals surface area contributed by atoms with E-state index in [9.17, 15) is 8.78 Å². The van der Waals surface area contributed by atoms with E-state index >= 15 is 0 Å². The number of alkyl halides is 2. The van der Waals surface area contributed by atoms with Crippen LogP contribution in [0.25, 0.3) is 0 Å². The lowest BCUT2D eigenvalue weighted by Crippen LogP contribution is -2.05. The molecule has 78 valence electrons. The predicted molar refractivity (Wildman–Crippen MR) is 54.4 cm³/mol. The number of aliphatic hydroxyl groups is 1. The van der Waals surface area contributed by atoms with Crippen LogP contribution in [0.3, 0.4) is 0 Å². The first kappa shape index (κ1) is 11.9. The SMILES string of the molecule is OCc1c(Br)cc(Br)cc1OC(F)F. The zero-order valence-electron chi connectivity index (χ0n) is 6.81. The van der Waals surface area contributed by atoms with Gasteiger partial charge in [-0.05, 0) is 12.1 Å². The van der Waals surface area contributed by atoms with Gasteiger partial charge in [0.25, 0.3) is 0 Å². The molecule has 1 rings (SSSR count). The molecule has 0 aliphatic carbocycles. The Morgan fingerprint density at radius 1 is 1.36 bits per heavy atom. The first-order valence-corrected chi connectivity index (χ1v) is 5.16. The Morgan fingerprint density at radius 2 is 2.00 bits per heavy atom. The van der Waals surface area contributed by atoms with E-state index in [1.54, 1.807) is 6.07 Å². The van der Waals surface area contributed by atoms with Crippen molar-refractivity contribution in [1.29, 1.82) is 0 Å². The summed E-state index contributed by atoms with van der Waals surface area (Å²) in [6, 6.07) is 3.02. The van der Waals surface area contributed by atoms with Gasteiger partial charge >= 0.3 is 6.61 Å². The van der Waals surface area contributed by atoms with Gasteiger partial charge in [0, 0.05) is 14.5 Å². The molecule has 0 spiro atoms. The zero-order valence-corrected chi connectivity index (χ0v) is 9.98. The van der Waals surface area contributed by atoms with E-state index in [2.05, 4.69) is 36.6 Å². The van der Waals surface area contributed by atoms with Crippen molar-refractivity contribution in [2.24, 2.45) is 0 Å². The predicted octanol–water partition coefficient (Wildman–Crippen LogP) is 3.31. The molecule has 0 radical (unpaired) electrons. The Labute approximate surface area is 96.1 Å². The summed E-state index contributed by atoms with van der Waals surface area (Å²) < 4.78 is 29.3. The van der Waals surface area contributed by atoms with Crippen LogP contribution in [0.1, 0.15) is 5.56 Å². The molecular formula is C8H6Br2F2O2. The van der Waals surface area contributed by atoms with E-state index in [1.165, 1.54) is 6.07 Å². The summed E-state index contributed by atoms with van der Waals surface area (Å²) in [7, 11) is 0. The second-order valence-electron chi connectivity index (χ2n) is 2.40. The Bertz CT molecular complexity index is 331. The summed E-state index contributed by atoms with van der Waals surface area (Å²) in [5.74, 6) is -0.0382. The molecule has 0 aromatic heterocycles. The van der Waals surface area contributed by atoms with Gasteiger partial charge in [0.2, 0.25) is 0 Å². The first-order chi connectivity index (χ1) is 6.54. The molecule has 0 atom stereocenters. The van der Waals surface area contributed by atoms with E-state index < -0.39 is 6.61 Å². The fourth-order valence-corrected chi connectivity index (χ4v) is 2.25. The van der Waals surface area contributed by atoms with Gasteiger partial charge in [-0.3, -0.25) is 0 Å². The Morgan fingerprint density at radius 3 is 2.50 bits per heavy atom. The fraction of sp³-hybridized carbons (Fsp3) is 0.250. The molecule has 0 aliphatic heterocycles. The summed E-state index contributed by atoms with van der Waals surface area (Å²) in [6.07, 6.45) is 0. The van der Waals surface area contributed by atoms with Crippen molar-refractivity contribution < 1.29 is 18.6 Å². The molecule has 1 aromatic rings. The number of hydrogen-bond acceptors (Lipinski definition) is 2. The van der Waals surface area contributed by atoms with Crippen molar-refractivity contribution in [1.82, 2.24) is 0 Å². The van der Waals surface area contributed by atoms with E-state index in [0.29, 0.717) is 14.5 Å². The summed E-state index contributed by atoms with van der Waals surface area (Å²) in [5.41, 5.74) is 0.300. The third-order valence-corrected chi connectivity index (χ3v) is 2.66. The minimum atomic E-state index is -2.90. The average Bonchev–Trinajstić information content (AvgIpc) is 2.01. The second-order valence-corrected chi connectivity index (χ2v) is 4.17. The van der Waals surface area contributed by atoms with Crippen molar-refractivity contribution in [3.05, 3.63) is 26.6 Å². The normalized spacial score (nSPS) is 10.7. The standard InChI is InChI=1S/C8H6Br2F2O2/c9-4-1-6(10)5(3-13)7(2-4)14-8(11)12/h1-2,8,13H,3H2. The van der Waals surface area contributed by atoms with Crippen LogP contribution in [0, 0.1) is 0 Å². The van der Waals surface area contributed by atoms with Gasteiger partial charge < -0.3 is 9.84 Å². The van der Waals surface area contributed by atoms with Gasteiger partial charge in [0.15, 0.2) is 0 Å². The smallest absolute Gasteiger partial charge is 0.387 e. The second kappa shape index (κ2) is 5.04. The number of benzene rings is 1. The number of rotatable bonds is 3. The lowest BCUT2D eigenvalue weighted by Gasteiger charge is -2.11. The van der Waals surface area contributed by atoms with Crippen LogP contribution in [0.15, 0.2) is 21.1 Å². The van der Waals surface area contributed by atoms with Crippen LogP contribution >= 0.6 is 31.9 Å². The molecule has 1 aromatic carbocycles. The van der Waals surface area contributed by atoms with Crippen LogP contribution in [-0.4, -0.2) is 11.7 Å². The first-order valence-electron chi connectivity index (χ1n) is 3.58. The third-order valence-electron chi connectivity index (χ3n) is 1.49. The number of aliphatic hydroxyl groups excluding tert-OH is 1. The molecule has 1 N–H and O–H groups in total.